The third-order valence-electron chi connectivity index (χ3n) is 2.72. The zero-order chi connectivity index (χ0) is 18.4. The lowest BCUT2D eigenvalue weighted by Crippen LogP contribution is -2.27. The Labute approximate surface area is 141 Å². The molecule has 0 aliphatic rings. The molecular weight excluding hydrogens is 320 g/mol. The van der Waals surface area contributed by atoms with E-state index in [-0.39, 0.29) is 32.5 Å². The summed E-state index contributed by atoms with van der Waals surface area (Å²) < 4.78 is 20.0. The van der Waals surface area contributed by atoms with Gasteiger partial charge in [0.15, 0.2) is 0 Å². The van der Waals surface area contributed by atoms with Gasteiger partial charge >= 0.3 is 11.9 Å². The second-order valence-corrected chi connectivity index (χ2v) is 4.98. The van der Waals surface area contributed by atoms with Crippen LogP contribution in [0.25, 0.3) is 0 Å². The summed E-state index contributed by atoms with van der Waals surface area (Å²) in [6.07, 6.45) is 0.550. The molecule has 0 amide bonds. The first-order valence-corrected chi connectivity index (χ1v) is 7.52. The molecule has 0 heterocycles. The summed E-state index contributed by atoms with van der Waals surface area (Å²) in [5.41, 5.74) is 0. The summed E-state index contributed by atoms with van der Waals surface area (Å²) in [7, 11) is 0. The van der Waals surface area contributed by atoms with Gasteiger partial charge in [-0.3, -0.25) is 0 Å². The number of aliphatic hydroxyl groups excluding tert-OH is 2. The van der Waals surface area contributed by atoms with E-state index in [1.165, 1.54) is 0 Å². The fourth-order valence-corrected chi connectivity index (χ4v) is 1.40. The van der Waals surface area contributed by atoms with Gasteiger partial charge in [-0.05, 0) is 13.3 Å². The molecule has 0 saturated carbocycles. The van der Waals surface area contributed by atoms with Crippen LogP contribution in [-0.4, -0.2) is 73.5 Å². The lowest BCUT2D eigenvalue weighted by atomic mass is 10.3. The SMILES string of the molecule is C=CC(=O)OCC(O)COCCC(C)OCC(O)COC(=O)C=C. The van der Waals surface area contributed by atoms with Crippen molar-refractivity contribution in [1.29, 1.82) is 0 Å². The van der Waals surface area contributed by atoms with Crippen LogP contribution in [0.2, 0.25) is 0 Å². The quantitative estimate of drug-likeness (QED) is 0.256. The van der Waals surface area contributed by atoms with Crippen LogP contribution in [0.3, 0.4) is 0 Å². The van der Waals surface area contributed by atoms with Crippen molar-refractivity contribution in [2.24, 2.45) is 0 Å². The number of aliphatic hydroxyl groups is 2. The highest BCUT2D eigenvalue weighted by molar-refractivity contribution is 5.81. The molecule has 0 rings (SSSR count). The standard InChI is InChI=1S/C16H26O8/c1-4-15(19)23-10-13(17)8-21-7-6-12(3)22-9-14(18)11-24-16(20)5-2/h4-5,12-14,17-18H,1-2,6-11H2,3H3. The summed E-state index contributed by atoms with van der Waals surface area (Å²) in [6.45, 7) is 8.33. The maximum absolute atomic E-state index is 10.8. The first-order valence-electron chi connectivity index (χ1n) is 7.52. The summed E-state index contributed by atoms with van der Waals surface area (Å²) in [5.74, 6) is -1.21. The van der Waals surface area contributed by atoms with E-state index in [0.717, 1.165) is 12.2 Å². The maximum atomic E-state index is 10.8. The van der Waals surface area contributed by atoms with Gasteiger partial charge in [0.1, 0.15) is 25.4 Å². The number of hydrogen-bond acceptors (Lipinski definition) is 8. The zero-order valence-corrected chi connectivity index (χ0v) is 13.9. The molecule has 0 aliphatic heterocycles. The van der Waals surface area contributed by atoms with Crippen LogP contribution in [0, 0.1) is 0 Å². The van der Waals surface area contributed by atoms with Gasteiger partial charge in [-0.25, -0.2) is 9.59 Å². The second-order valence-electron chi connectivity index (χ2n) is 4.98. The van der Waals surface area contributed by atoms with E-state index in [1.807, 2.05) is 0 Å². The van der Waals surface area contributed by atoms with E-state index < -0.39 is 24.1 Å². The van der Waals surface area contributed by atoms with Gasteiger partial charge in [0.05, 0.1) is 19.3 Å². The molecule has 3 unspecified atom stereocenters. The van der Waals surface area contributed by atoms with Crippen molar-refractivity contribution in [3.63, 3.8) is 0 Å². The molecule has 0 aromatic carbocycles. The van der Waals surface area contributed by atoms with Crippen LogP contribution >= 0.6 is 0 Å². The van der Waals surface area contributed by atoms with Gasteiger partial charge in [0.2, 0.25) is 0 Å². The van der Waals surface area contributed by atoms with Crippen LogP contribution < -0.4 is 0 Å². The third-order valence-corrected chi connectivity index (χ3v) is 2.72. The molecule has 0 spiro atoms. The van der Waals surface area contributed by atoms with Crippen molar-refractivity contribution in [3.05, 3.63) is 25.3 Å². The van der Waals surface area contributed by atoms with Crippen LogP contribution in [0.1, 0.15) is 13.3 Å². The smallest absolute Gasteiger partial charge is 0.330 e. The van der Waals surface area contributed by atoms with Crippen molar-refractivity contribution in [2.45, 2.75) is 31.7 Å². The predicted octanol–water partition coefficient (Wildman–Crippen LogP) is -0.0216. The van der Waals surface area contributed by atoms with E-state index >= 15 is 0 Å². The highest BCUT2D eigenvalue weighted by Gasteiger charge is 2.11. The van der Waals surface area contributed by atoms with Gasteiger partial charge in [-0.15, -0.1) is 0 Å². The number of ether oxygens (including phenoxy) is 4. The molecule has 138 valence electrons. The largest absolute Gasteiger partial charge is 0.460 e. The Bertz CT molecular complexity index is 396. The maximum Gasteiger partial charge on any atom is 0.330 e. The molecule has 0 saturated heterocycles. The van der Waals surface area contributed by atoms with Crippen molar-refractivity contribution in [1.82, 2.24) is 0 Å². The minimum atomic E-state index is -0.918. The Balaban J connectivity index is 3.63. The molecular formula is C16H26O8. The van der Waals surface area contributed by atoms with Crippen molar-refractivity contribution < 1.29 is 38.7 Å². The van der Waals surface area contributed by atoms with E-state index in [0.29, 0.717) is 13.0 Å². The Morgan fingerprint density at radius 3 is 1.96 bits per heavy atom. The van der Waals surface area contributed by atoms with Gasteiger partial charge < -0.3 is 29.2 Å². The predicted molar refractivity (Wildman–Crippen MR) is 85.2 cm³/mol. The molecule has 24 heavy (non-hydrogen) atoms. The first-order chi connectivity index (χ1) is 11.4. The summed E-state index contributed by atoms with van der Waals surface area (Å²) >= 11 is 0. The Kier molecular flexibility index (Phi) is 12.7. The molecule has 0 radical (unpaired) electrons. The summed E-state index contributed by atoms with van der Waals surface area (Å²) in [6, 6.07) is 0. The lowest BCUT2D eigenvalue weighted by Gasteiger charge is -2.17. The van der Waals surface area contributed by atoms with Gasteiger partial charge in [0, 0.05) is 18.8 Å². The first kappa shape index (κ1) is 22.3. The van der Waals surface area contributed by atoms with Crippen molar-refractivity contribution >= 4 is 11.9 Å². The molecule has 3 atom stereocenters. The fraction of sp³-hybridized carbons (Fsp3) is 0.625. The van der Waals surface area contributed by atoms with E-state index in [9.17, 15) is 19.8 Å². The van der Waals surface area contributed by atoms with Gasteiger partial charge in [-0.2, -0.15) is 0 Å². The highest BCUT2D eigenvalue weighted by atomic mass is 16.6. The van der Waals surface area contributed by atoms with Crippen LogP contribution in [0.4, 0.5) is 0 Å². The average molecular weight is 346 g/mol. The second kappa shape index (κ2) is 13.7. The number of hydrogen-bond donors (Lipinski definition) is 2. The van der Waals surface area contributed by atoms with E-state index in [1.54, 1.807) is 6.92 Å². The van der Waals surface area contributed by atoms with E-state index in [4.69, 9.17) is 9.47 Å². The minimum Gasteiger partial charge on any atom is -0.460 e. The number of rotatable bonds is 14. The molecule has 0 fully saturated rings. The number of carbonyl (C=O) groups excluding carboxylic acids is 2. The minimum absolute atomic E-state index is 0.0196. The Morgan fingerprint density at radius 1 is 0.958 bits per heavy atom. The Morgan fingerprint density at radius 2 is 1.46 bits per heavy atom. The Hall–Kier alpha value is -1.74. The molecule has 8 nitrogen and oxygen atoms in total. The monoisotopic (exact) mass is 346 g/mol. The zero-order valence-electron chi connectivity index (χ0n) is 13.9. The molecule has 0 aromatic heterocycles. The molecule has 0 aliphatic carbocycles. The summed E-state index contributed by atoms with van der Waals surface area (Å²) in [5, 5.41) is 19.1. The normalized spacial score (nSPS) is 14.3. The van der Waals surface area contributed by atoms with Crippen molar-refractivity contribution in [2.75, 3.05) is 33.0 Å². The average Bonchev–Trinajstić information content (AvgIpc) is 2.59. The van der Waals surface area contributed by atoms with E-state index in [2.05, 4.69) is 22.6 Å². The van der Waals surface area contributed by atoms with Crippen LogP contribution in [0.5, 0.6) is 0 Å². The van der Waals surface area contributed by atoms with Crippen molar-refractivity contribution in [3.8, 4) is 0 Å². The topological polar surface area (TPSA) is 112 Å². The fourth-order valence-electron chi connectivity index (χ4n) is 1.40. The van der Waals surface area contributed by atoms with Crippen LogP contribution in [0.15, 0.2) is 25.3 Å². The molecule has 8 heteroatoms. The lowest BCUT2D eigenvalue weighted by molar-refractivity contribution is -0.142. The highest BCUT2D eigenvalue weighted by Crippen LogP contribution is 2.01. The molecule has 0 bridgehead atoms. The summed E-state index contributed by atoms with van der Waals surface area (Å²) in [4.78, 5) is 21.6. The van der Waals surface area contributed by atoms with Gasteiger partial charge in [-0.1, -0.05) is 13.2 Å². The third kappa shape index (κ3) is 12.8. The molecule has 2 N–H and O–H groups in total. The molecule has 0 aromatic rings. The number of esters is 2. The van der Waals surface area contributed by atoms with Crippen LogP contribution in [-0.2, 0) is 28.5 Å². The number of carbonyl (C=O) groups is 2. The van der Waals surface area contributed by atoms with Gasteiger partial charge in [0.25, 0.3) is 0 Å².